The summed E-state index contributed by atoms with van der Waals surface area (Å²) in [4.78, 5) is 15.1. The highest BCUT2D eigenvalue weighted by atomic mass is 16.4. The quantitative estimate of drug-likeness (QED) is 0.727. The summed E-state index contributed by atoms with van der Waals surface area (Å²) >= 11 is 0. The molecule has 4 nitrogen and oxygen atoms in total. The van der Waals surface area contributed by atoms with Crippen LogP contribution in [0.3, 0.4) is 0 Å². The Kier molecular flexibility index (Phi) is 2.99. The van der Waals surface area contributed by atoms with Gasteiger partial charge in [-0.25, -0.2) is 4.98 Å². The predicted molar refractivity (Wildman–Crippen MR) is 74.8 cm³/mol. The number of aromatic carboxylic acids is 1. The molecule has 4 heteroatoms. The molecule has 2 aromatic carbocycles. The molecule has 0 saturated carbocycles. The molecule has 1 aromatic heterocycles. The van der Waals surface area contributed by atoms with Gasteiger partial charge in [-0.05, 0) is 41.8 Å². The van der Waals surface area contributed by atoms with Crippen LogP contribution < -0.4 is 5.11 Å². The minimum Gasteiger partial charge on any atom is -0.545 e. The third kappa shape index (κ3) is 2.05. The van der Waals surface area contributed by atoms with Crippen molar-refractivity contribution in [2.75, 3.05) is 0 Å². The van der Waals surface area contributed by atoms with Crippen LogP contribution in [0, 0.1) is 0 Å². The highest BCUT2D eigenvalue weighted by Crippen LogP contribution is 2.19. The van der Waals surface area contributed by atoms with E-state index in [-0.39, 0.29) is 5.56 Å². The zero-order chi connectivity index (χ0) is 14.1. The highest BCUT2D eigenvalue weighted by molar-refractivity contribution is 5.91. The van der Waals surface area contributed by atoms with Crippen molar-refractivity contribution < 1.29 is 9.90 Å². The molecule has 0 atom stereocenters. The molecule has 20 heavy (non-hydrogen) atoms. The van der Waals surface area contributed by atoms with E-state index in [0.29, 0.717) is 5.52 Å². The molecule has 0 aliphatic rings. The molecule has 0 saturated heterocycles. The largest absolute Gasteiger partial charge is 0.545 e. The fraction of sp³-hybridized carbons (Fsp3) is 0.125. The molecule has 0 bridgehead atoms. The fourth-order valence-corrected chi connectivity index (χ4v) is 2.24. The Balaban J connectivity index is 2.09. The van der Waals surface area contributed by atoms with E-state index < -0.39 is 5.97 Å². The van der Waals surface area contributed by atoms with Gasteiger partial charge in [0.05, 0.1) is 17.0 Å². The van der Waals surface area contributed by atoms with Gasteiger partial charge in [-0.2, -0.15) is 0 Å². The van der Waals surface area contributed by atoms with Crippen molar-refractivity contribution in [3.63, 3.8) is 0 Å². The van der Waals surface area contributed by atoms with Crippen LogP contribution in [0.2, 0.25) is 0 Å². The van der Waals surface area contributed by atoms with Gasteiger partial charge in [0.15, 0.2) is 0 Å². The second kappa shape index (κ2) is 4.81. The van der Waals surface area contributed by atoms with E-state index in [2.05, 4.69) is 24.0 Å². The normalized spacial score (nSPS) is 10.8. The van der Waals surface area contributed by atoms with Gasteiger partial charge in [0.25, 0.3) is 0 Å². The minimum absolute atomic E-state index is 0.143. The van der Waals surface area contributed by atoms with Crippen LogP contribution in [-0.2, 0) is 6.42 Å². The first-order valence-corrected chi connectivity index (χ1v) is 6.47. The van der Waals surface area contributed by atoms with Crippen molar-refractivity contribution >= 4 is 17.0 Å². The van der Waals surface area contributed by atoms with Gasteiger partial charge < -0.3 is 9.90 Å². The minimum atomic E-state index is -1.19. The maximum atomic E-state index is 10.8. The molecule has 0 N–H and O–H groups in total. The van der Waals surface area contributed by atoms with Crippen molar-refractivity contribution in [3.8, 4) is 5.69 Å². The van der Waals surface area contributed by atoms with Gasteiger partial charge >= 0.3 is 0 Å². The lowest BCUT2D eigenvalue weighted by molar-refractivity contribution is -0.255. The van der Waals surface area contributed by atoms with E-state index in [1.54, 1.807) is 12.4 Å². The molecule has 0 aliphatic heterocycles. The number of carboxylic acids is 1. The number of hydrogen-bond acceptors (Lipinski definition) is 3. The predicted octanol–water partition coefficient (Wildman–Crippen LogP) is 1.95. The third-order valence-electron chi connectivity index (χ3n) is 3.41. The average molecular weight is 265 g/mol. The molecular formula is C16H13N2O2-. The number of benzene rings is 2. The molecule has 0 spiro atoms. The molecule has 0 unspecified atom stereocenters. The number of carbonyl (C=O) groups is 1. The SMILES string of the molecule is CCc1ccc(-n2cnc3cc(C(=O)[O-])ccc32)cc1. The first-order valence-electron chi connectivity index (χ1n) is 6.47. The van der Waals surface area contributed by atoms with Crippen molar-refractivity contribution in [1.82, 2.24) is 9.55 Å². The number of imidazole rings is 1. The standard InChI is InChI=1S/C16H14N2O2/c1-2-11-3-6-13(7-4-11)18-10-17-14-9-12(16(19)20)5-8-15(14)18/h3-10H,2H2,1H3,(H,19,20)/p-1. The summed E-state index contributed by atoms with van der Waals surface area (Å²) in [6, 6.07) is 13.0. The van der Waals surface area contributed by atoms with Crippen molar-refractivity contribution in [3.05, 3.63) is 59.9 Å². The van der Waals surface area contributed by atoms with Gasteiger partial charge in [-0.15, -0.1) is 0 Å². The summed E-state index contributed by atoms with van der Waals surface area (Å²) in [6.45, 7) is 2.11. The fourth-order valence-electron chi connectivity index (χ4n) is 2.24. The number of aryl methyl sites for hydroxylation is 1. The molecule has 0 aliphatic carbocycles. The lowest BCUT2D eigenvalue weighted by Crippen LogP contribution is -2.21. The van der Waals surface area contributed by atoms with E-state index in [1.165, 1.54) is 17.7 Å². The van der Waals surface area contributed by atoms with E-state index in [1.807, 2.05) is 16.7 Å². The second-order valence-electron chi connectivity index (χ2n) is 4.63. The van der Waals surface area contributed by atoms with Crippen LogP contribution in [0.4, 0.5) is 0 Å². The van der Waals surface area contributed by atoms with E-state index in [4.69, 9.17) is 0 Å². The van der Waals surface area contributed by atoms with Crippen molar-refractivity contribution in [2.24, 2.45) is 0 Å². The Labute approximate surface area is 116 Å². The summed E-state index contributed by atoms with van der Waals surface area (Å²) in [5.41, 5.74) is 3.94. The summed E-state index contributed by atoms with van der Waals surface area (Å²) < 4.78 is 1.94. The number of carbonyl (C=O) groups excluding carboxylic acids is 1. The zero-order valence-electron chi connectivity index (χ0n) is 11.0. The monoisotopic (exact) mass is 265 g/mol. The molecule has 1 heterocycles. The van der Waals surface area contributed by atoms with E-state index in [9.17, 15) is 9.90 Å². The average Bonchev–Trinajstić information content (AvgIpc) is 2.90. The maximum Gasteiger partial charge on any atom is 0.100 e. The molecule has 3 aromatic rings. The van der Waals surface area contributed by atoms with Gasteiger partial charge in [0.2, 0.25) is 0 Å². The Morgan fingerprint density at radius 1 is 1.20 bits per heavy atom. The lowest BCUT2D eigenvalue weighted by Gasteiger charge is -2.06. The number of carboxylic acid groups (broad SMARTS) is 1. The van der Waals surface area contributed by atoms with Gasteiger partial charge in [0.1, 0.15) is 6.33 Å². The Morgan fingerprint density at radius 3 is 2.60 bits per heavy atom. The highest BCUT2D eigenvalue weighted by Gasteiger charge is 2.06. The van der Waals surface area contributed by atoms with Crippen LogP contribution in [-0.4, -0.2) is 15.5 Å². The van der Waals surface area contributed by atoms with Crippen molar-refractivity contribution in [1.29, 1.82) is 0 Å². The number of rotatable bonds is 3. The molecule has 0 fully saturated rings. The van der Waals surface area contributed by atoms with E-state index >= 15 is 0 Å². The summed E-state index contributed by atoms with van der Waals surface area (Å²) in [5.74, 6) is -1.19. The lowest BCUT2D eigenvalue weighted by atomic mass is 10.1. The number of hydrogen-bond donors (Lipinski definition) is 0. The maximum absolute atomic E-state index is 10.8. The summed E-state index contributed by atoms with van der Waals surface area (Å²) in [7, 11) is 0. The molecule has 3 rings (SSSR count). The Morgan fingerprint density at radius 2 is 1.95 bits per heavy atom. The molecular weight excluding hydrogens is 252 g/mol. The van der Waals surface area contributed by atoms with Crippen LogP contribution >= 0.6 is 0 Å². The number of nitrogens with zero attached hydrogens (tertiary/aromatic N) is 2. The molecule has 0 amide bonds. The van der Waals surface area contributed by atoms with Crippen LogP contribution in [0.1, 0.15) is 22.8 Å². The van der Waals surface area contributed by atoms with E-state index in [0.717, 1.165) is 17.6 Å². The molecule has 100 valence electrons. The van der Waals surface area contributed by atoms with Crippen LogP contribution in [0.5, 0.6) is 0 Å². The first kappa shape index (κ1) is 12.4. The van der Waals surface area contributed by atoms with Gasteiger partial charge in [-0.1, -0.05) is 25.1 Å². The smallest absolute Gasteiger partial charge is 0.100 e. The Bertz CT molecular complexity index is 773. The zero-order valence-corrected chi connectivity index (χ0v) is 11.0. The first-order chi connectivity index (χ1) is 9.69. The van der Waals surface area contributed by atoms with Crippen LogP contribution in [0.25, 0.3) is 16.7 Å². The van der Waals surface area contributed by atoms with Crippen molar-refractivity contribution in [2.45, 2.75) is 13.3 Å². The third-order valence-corrected chi connectivity index (χ3v) is 3.41. The topological polar surface area (TPSA) is 58.0 Å². The Hall–Kier alpha value is -2.62. The van der Waals surface area contributed by atoms with Gasteiger partial charge in [0, 0.05) is 5.69 Å². The van der Waals surface area contributed by atoms with Gasteiger partial charge in [-0.3, -0.25) is 4.57 Å². The number of fused-ring (bicyclic) bond motifs is 1. The summed E-state index contributed by atoms with van der Waals surface area (Å²) in [5, 5.41) is 10.8. The number of aromatic nitrogens is 2. The van der Waals surface area contributed by atoms with Crippen LogP contribution in [0.15, 0.2) is 48.8 Å². The summed E-state index contributed by atoms with van der Waals surface area (Å²) in [6.07, 6.45) is 2.70. The molecule has 0 radical (unpaired) electrons. The second-order valence-corrected chi connectivity index (χ2v) is 4.63.